The average Bonchev–Trinajstić information content (AvgIpc) is 2.84. The molecule has 0 rings (SSSR count). The van der Waals surface area contributed by atoms with E-state index >= 15 is 0 Å². The lowest BCUT2D eigenvalue weighted by Gasteiger charge is -2.16. The average molecular weight is 519 g/mol. The normalized spacial score (nSPS) is 13.1. The third-order valence-electron chi connectivity index (χ3n) is 5.34. The number of unbranched alkanes of at least 4 members (excludes halogenated alkanes) is 1. The van der Waals surface area contributed by atoms with Crippen molar-refractivity contribution in [3.8, 4) is 0 Å². The Morgan fingerprint density at radius 1 is 0.861 bits per heavy atom. The number of aldehydes is 1. The van der Waals surface area contributed by atoms with Crippen molar-refractivity contribution in [2.45, 2.75) is 51.6 Å². The van der Waals surface area contributed by atoms with Crippen LogP contribution in [0, 0.1) is 5.92 Å². The second-order valence-corrected chi connectivity index (χ2v) is 9.10. The Hall–Kier alpha value is -1.63. The van der Waals surface area contributed by atoms with E-state index in [9.17, 15) is 14.4 Å². The van der Waals surface area contributed by atoms with E-state index in [0.717, 1.165) is 32.1 Å². The van der Waals surface area contributed by atoms with Crippen molar-refractivity contribution < 1.29 is 33.3 Å². The highest BCUT2D eigenvalue weighted by molar-refractivity contribution is 5.81. The topological polar surface area (TPSA) is 127 Å². The van der Waals surface area contributed by atoms with E-state index in [1.807, 2.05) is 35.0 Å². The fraction of sp³-hybridized carbons (Fsp3) is 0.880. The molecule has 0 aliphatic heterocycles. The highest BCUT2D eigenvalue weighted by Gasteiger charge is 2.15. The summed E-state index contributed by atoms with van der Waals surface area (Å²) >= 11 is 0. The second-order valence-electron chi connectivity index (χ2n) is 9.10. The number of nitrogens with zero attached hydrogens (tertiary/aromatic N) is 1. The Morgan fingerprint density at radius 2 is 1.42 bits per heavy atom. The maximum Gasteiger partial charge on any atom is 0.237 e. The highest BCUT2D eigenvalue weighted by Crippen LogP contribution is 2.02. The monoisotopic (exact) mass is 518 g/mol. The van der Waals surface area contributed by atoms with Crippen molar-refractivity contribution in [1.29, 1.82) is 0 Å². The molecule has 36 heavy (non-hydrogen) atoms. The van der Waals surface area contributed by atoms with Gasteiger partial charge < -0.3 is 44.6 Å². The molecule has 0 saturated heterocycles. The van der Waals surface area contributed by atoms with Gasteiger partial charge in [0.1, 0.15) is 6.29 Å². The maximum atomic E-state index is 12.2. The Morgan fingerprint density at radius 3 is 1.92 bits per heavy atom. The molecule has 0 heterocycles. The molecule has 2 amide bonds. The summed E-state index contributed by atoms with van der Waals surface area (Å²) in [5.41, 5.74) is 0. The molecule has 0 aromatic carbocycles. The number of nitrogens with one attached hydrogen (secondary N) is 3. The second kappa shape index (κ2) is 23.7. The molecular weight excluding hydrogens is 468 g/mol. The SMILES string of the molecule is CNC(CCCCN(C)C)C(=O)NCCOCCOCCOCCOCCC(=O)NC(C=O)C(C)C. The van der Waals surface area contributed by atoms with E-state index in [0.29, 0.717) is 52.8 Å². The van der Waals surface area contributed by atoms with Crippen LogP contribution in [-0.2, 0) is 33.3 Å². The van der Waals surface area contributed by atoms with Crippen LogP contribution in [0.5, 0.6) is 0 Å². The predicted molar refractivity (Wildman–Crippen MR) is 139 cm³/mol. The number of carbonyl (C=O) groups is 3. The molecule has 212 valence electrons. The van der Waals surface area contributed by atoms with E-state index in [2.05, 4.69) is 20.9 Å². The highest BCUT2D eigenvalue weighted by atomic mass is 16.6. The van der Waals surface area contributed by atoms with Crippen molar-refractivity contribution in [2.24, 2.45) is 5.92 Å². The largest absolute Gasteiger partial charge is 0.379 e. The number of hydrogen-bond acceptors (Lipinski definition) is 9. The van der Waals surface area contributed by atoms with Crippen molar-refractivity contribution >= 4 is 18.1 Å². The third-order valence-corrected chi connectivity index (χ3v) is 5.34. The van der Waals surface area contributed by atoms with Gasteiger partial charge in [-0.3, -0.25) is 9.59 Å². The summed E-state index contributed by atoms with van der Waals surface area (Å²) in [5.74, 6) is -0.135. The third kappa shape index (κ3) is 20.6. The first kappa shape index (κ1) is 34.4. The van der Waals surface area contributed by atoms with Crippen LogP contribution in [0.25, 0.3) is 0 Å². The summed E-state index contributed by atoms with van der Waals surface area (Å²) in [6.45, 7) is 8.54. The minimum absolute atomic E-state index is 0.00395. The van der Waals surface area contributed by atoms with Crippen molar-refractivity contribution in [3.05, 3.63) is 0 Å². The van der Waals surface area contributed by atoms with Gasteiger partial charge in [-0.15, -0.1) is 0 Å². The number of rotatable bonds is 25. The molecule has 2 atom stereocenters. The molecule has 3 N–H and O–H groups in total. The lowest BCUT2D eigenvalue weighted by molar-refractivity contribution is -0.125. The van der Waals surface area contributed by atoms with Crippen molar-refractivity contribution in [1.82, 2.24) is 20.9 Å². The van der Waals surface area contributed by atoms with Crippen LogP contribution in [0.4, 0.5) is 0 Å². The van der Waals surface area contributed by atoms with E-state index in [1.165, 1.54) is 0 Å². The summed E-state index contributed by atoms with van der Waals surface area (Å²) < 4.78 is 21.7. The van der Waals surface area contributed by atoms with Crippen LogP contribution in [0.3, 0.4) is 0 Å². The molecule has 0 fully saturated rings. The zero-order valence-electron chi connectivity index (χ0n) is 23.0. The minimum Gasteiger partial charge on any atom is -0.379 e. The summed E-state index contributed by atoms with van der Waals surface area (Å²) in [7, 11) is 5.91. The molecule has 11 heteroatoms. The summed E-state index contributed by atoms with van der Waals surface area (Å²) in [5, 5.41) is 8.64. The molecule has 0 aromatic heterocycles. The molecule has 0 aliphatic rings. The first-order chi connectivity index (χ1) is 17.3. The molecule has 11 nitrogen and oxygen atoms in total. The quantitative estimate of drug-likeness (QED) is 0.115. The Bertz CT molecular complexity index is 565. The van der Waals surface area contributed by atoms with Gasteiger partial charge in [-0.25, -0.2) is 0 Å². The Labute approximate surface area is 217 Å². The Balaban J connectivity index is 3.47. The first-order valence-electron chi connectivity index (χ1n) is 13.0. The fourth-order valence-corrected chi connectivity index (χ4v) is 3.10. The van der Waals surface area contributed by atoms with Crippen LogP contribution in [0.15, 0.2) is 0 Å². The van der Waals surface area contributed by atoms with Crippen molar-refractivity contribution in [2.75, 3.05) is 87.1 Å². The molecule has 2 unspecified atom stereocenters. The molecule has 0 saturated carbocycles. The van der Waals surface area contributed by atoms with Gasteiger partial charge >= 0.3 is 0 Å². The zero-order valence-corrected chi connectivity index (χ0v) is 23.0. The molecule has 0 aliphatic carbocycles. The number of hydrogen-bond donors (Lipinski definition) is 3. The standard InChI is InChI=1S/C25H50N4O7/c1-21(2)23(20-30)28-24(31)9-12-33-14-16-35-18-19-36-17-15-34-13-10-27-25(32)22(26-3)8-6-7-11-29(4)5/h20-23,26H,6-19H2,1-5H3,(H,27,32)(H,28,31). The van der Waals surface area contributed by atoms with Crippen molar-refractivity contribution in [3.63, 3.8) is 0 Å². The fourth-order valence-electron chi connectivity index (χ4n) is 3.10. The van der Waals surface area contributed by atoms with Crippen LogP contribution in [0.1, 0.15) is 39.5 Å². The van der Waals surface area contributed by atoms with Gasteiger partial charge in [-0.2, -0.15) is 0 Å². The van der Waals surface area contributed by atoms with E-state index < -0.39 is 6.04 Å². The van der Waals surface area contributed by atoms with E-state index in [4.69, 9.17) is 18.9 Å². The molecule has 0 radical (unpaired) electrons. The van der Waals surface area contributed by atoms with Crippen LogP contribution >= 0.6 is 0 Å². The van der Waals surface area contributed by atoms with Crippen LogP contribution < -0.4 is 16.0 Å². The molecule has 0 bridgehead atoms. The molecule has 0 aromatic rings. The van der Waals surface area contributed by atoms with Gasteiger partial charge in [0.2, 0.25) is 11.8 Å². The van der Waals surface area contributed by atoms with Gasteiger partial charge in [-0.1, -0.05) is 20.3 Å². The van der Waals surface area contributed by atoms with Gasteiger partial charge in [0.15, 0.2) is 0 Å². The predicted octanol–water partition coefficient (Wildman–Crippen LogP) is 0.219. The first-order valence-corrected chi connectivity index (χ1v) is 13.0. The lowest BCUT2D eigenvalue weighted by Crippen LogP contribution is -2.43. The summed E-state index contributed by atoms with van der Waals surface area (Å²) in [4.78, 5) is 37.0. The van der Waals surface area contributed by atoms with Crippen LogP contribution in [-0.4, -0.2) is 122 Å². The summed E-state index contributed by atoms with van der Waals surface area (Å²) in [6, 6.07) is -0.637. The number of likely N-dealkylation sites (N-methyl/N-ethyl adjacent to an activating group) is 1. The van der Waals surface area contributed by atoms with Gasteiger partial charge in [0.05, 0.1) is 64.9 Å². The number of amides is 2. The lowest BCUT2D eigenvalue weighted by atomic mass is 10.1. The number of carbonyl (C=O) groups excluding carboxylic acids is 3. The zero-order chi connectivity index (χ0) is 27.0. The molecular formula is C25H50N4O7. The van der Waals surface area contributed by atoms with Gasteiger partial charge in [0.25, 0.3) is 0 Å². The smallest absolute Gasteiger partial charge is 0.237 e. The van der Waals surface area contributed by atoms with Crippen LogP contribution in [0.2, 0.25) is 0 Å². The Kier molecular flexibility index (Phi) is 22.7. The van der Waals surface area contributed by atoms with E-state index in [-0.39, 0.29) is 36.8 Å². The molecule has 0 spiro atoms. The maximum absolute atomic E-state index is 12.2. The van der Waals surface area contributed by atoms with Gasteiger partial charge in [-0.05, 0) is 46.4 Å². The minimum atomic E-state index is -0.462. The van der Waals surface area contributed by atoms with E-state index in [1.54, 1.807) is 0 Å². The number of ether oxygens (including phenoxy) is 4. The van der Waals surface area contributed by atoms with Gasteiger partial charge in [0, 0.05) is 13.0 Å². The summed E-state index contributed by atoms with van der Waals surface area (Å²) in [6.07, 6.45) is 3.85.